The maximum absolute atomic E-state index is 10.4. The number of hydrogen-bond donors (Lipinski definition) is 1. The van der Waals surface area contributed by atoms with Gasteiger partial charge in [0.15, 0.2) is 0 Å². The van der Waals surface area contributed by atoms with Crippen LogP contribution < -0.4 is 0 Å². The van der Waals surface area contributed by atoms with Gasteiger partial charge in [-0.1, -0.05) is 38.1 Å². The van der Waals surface area contributed by atoms with E-state index in [0.717, 1.165) is 44.7 Å². The van der Waals surface area contributed by atoms with Gasteiger partial charge in [-0.15, -0.1) is 0 Å². The SMILES string of the molecule is CCc1ccc(C(O)CN2CCN(C(C)CC)CC2)cc1. The first-order chi connectivity index (χ1) is 10.1. The third kappa shape index (κ3) is 4.53. The predicted molar refractivity (Wildman–Crippen MR) is 88.5 cm³/mol. The van der Waals surface area contributed by atoms with E-state index in [4.69, 9.17) is 0 Å². The van der Waals surface area contributed by atoms with Crippen molar-refractivity contribution in [2.45, 2.75) is 45.8 Å². The second kappa shape index (κ2) is 7.92. The lowest BCUT2D eigenvalue weighted by atomic mass is 10.0. The molecule has 2 rings (SSSR count). The number of benzene rings is 1. The van der Waals surface area contributed by atoms with Crippen molar-refractivity contribution < 1.29 is 5.11 Å². The molecule has 0 saturated carbocycles. The number of aliphatic hydroxyl groups is 1. The molecule has 1 aliphatic rings. The Kier molecular flexibility index (Phi) is 6.22. The Bertz CT molecular complexity index is 410. The third-order valence-corrected chi connectivity index (χ3v) is 4.82. The van der Waals surface area contributed by atoms with Crippen molar-refractivity contribution in [3.05, 3.63) is 35.4 Å². The molecule has 1 heterocycles. The van der Waals surface area contributed by atoms with Crippen molar-refractivity contribution in [3.8, 4) is 0 Å². The first kappa shape index (κ1) is 16.5. The fraction of sp³-hybridized carbons (Fsp3) is 0.667. The summed E-state index contributed by atoms with van der Waals surface area (Å²) in [6.45, 7) is 11.8. The minimum Gasteiger partial charge on any atom is -0.387 e. The zero-order valence-corrected chi connectivity index (χ0v) is 13.8. The molecule has 1 saturated heterocycles. The molecular formula is C18H30N2O. The summed E-state index contributed by atoms with van der Waals surface area (Å²) in [4.78, 5) is 4.94. The van der Waals surface area contributed by atoms with Crippen LogP contribution in [0, 0.1) is 0 Å². The maximum Gasteiger partial charge on any atom is 0.0916 e. The number of rotatable bonds is 6. The normalized spacial score (nSPS) is 20.4. The van der Waals surface area contributed by atoms with Crippen LogP contribution in [0.2, 0.25) is 0 Å². The zero-order valence-electron chi connectivity index (χ0n) is 13.8. The van der Waals surface area contributed by atoms with Gasteiger partial charge in [-0.2, -0.15) is 0 Å². The van der Waals surface area contributed by atoms with Crippen LogP contribution in [-0.2, 0) is 6.42 Å². The first-order valence-corrected chi connectivity index (χ1v) is 8.37. The molecule has 1 aliphatic heterocycles. The summed E-state index contributed by atoms with van der Waals surface area (Å²) < 4.78 is 0. The molecule has 1 fully saturated rings. The molecule has 0 radical (unpaired) electrons. The van der Waals surface area contributed by atoms with Crippen LogP contribution in [0.5, 0.6) is 0 Å². The Labute approximate surface area is 129 Å². The average Bonchev–Trinajstić information content (AvgIpc) is 2.55. The Morgan fingerprint density at radius 3 is 2.19 bits per heavy atom. The summed E-state index contributed by atoms with van der Waals surface area (Å²) in [7, 11) is 0. The van der Waals surface area contributed by atoms with E-state index in [2.05, 4.69) is 54.8 Å². The third-order valence-electron chi connectivity index (χ3n) is 4.82. The van der Waals surface area contributed by atoms with E-state index in [9.17, 15) is 5.11 Å². The minimum atomic E-state index is -0.369. The molecule has 0 spiro atoms. The van der Waals surface area contributed by atoms with Crippen LogP contribution >= 0.6 is 0 Å². The topological polar surface area (TPSA) is 26.7 Å². The maximum atomic E-state index is 10.4. The average molecular weight is 290 g/mol. The van der Waals surface area contributed by atoms with Crippen LogP contribution in [-0.4, -0.2) is 53.7 Å². The number of hydrogen-bond acceptors (Lipinski definition) is 3. The lowest BCUT2D eigenvalue weighted by Gasteiger charge is -2.38. The number of nitrogens with zero attached hydrogens (tertiary/aromatic N) is 2. The van der Waals surface area contributed by atoms with Crippen LogP contribution in [0.3, 0.4) is 0 Å². The molecule has 1 aromatic carbocycles. The second-order valence-electron chi connectivity index (χ2n) is 6.20. The van der Waals surface area contributed by atoms with Gasteiger partial charge in [0.1, 0.15) is 0 Å². The quantitative estimate of drug-likeness (QED) is 0.872. The van der Waals surface area contributed by atoms with Crippen LogP contribution in [0.4, 0.5) is 0 Å². The van der Waals surface area contributed by atoms with Gasteiger partial charge in [-0.25, -0.2) is 0 Å². The molecule has 0 aromatic heterocycles. The fourth-order valence-electron chi connectivity index (χ4n) is 2.97. The number of aryl methyl sites for hydroxylation is 1. The Morgan fingerprint density at radius 1 is 1.05 bits per heavy atom. The van der Waals surface area contributed by atoms with E-state index in [0.29, 0.717) is 6.04 Å². The first-order valence-electron chi connectivity index (χ1n) is 8.37. The van der Waals surface area contributed by atoms with E-state index in [-0.39, 0.29) is 6.10 Å². The van der Waals surface area contributed by atoms with Crippen molar-refractivity contribution >= 4 is 0 Å². The summed E-state index contributed by atoms with van der Waals surface area (Å²) in [5.41, 5.74) is 2.37. The molecule has 2 unspecified atom stereocenters. The van der Waals surface area contributed by atoms with Gasteiger partial charge in [0.25, 0.3) is 0 Å². The van der Waals surface area contributed by atoms with Crippen LogP contribution in [0.15, 0.2) is 24.3 Å². The van der Waals surface area contributed by atoms with E-state index in [1.807, 2.05) is 0 Å². The van der Waals surface area contributed by atoms with Gasteiger partial charge < -0.3 is 5.11 Å². The molecule has 0 aliphatic carbocycles. The standard InChI is InChI=1S/C18H30N2O/c1-4-15(3)20-12-10-19(11-13-20)14-18(21)17-8-6-16(5-2)7-9-17/h6-9,15,18,21H,4-5,10-14H2,1-3H3. The fourth-order valence-corrected chi connectivity index (χ4v) is 2.97. The molecule has 1 aromatic rings. The van der Waals surface area contributed by atoms with Crippen LogP contribution in [0.1, 0.15) is 44.4 Å². The van der Waals surface area contributed by atoms with Gasteiger partial charge in [0, 0.05) is 38.8 Å². The van der Waals surface area contributed by atoms with E-state index >= 15 is 0 Å². The number of piperazine rings is 1. The van der Waals surface area contributed by atoms with Gasteiger partial charge in [0.05, 0.1) is 6.10 Å². The van der Waals surface area contributed by atoms with Gasteiger partial charge in [0.2, 0.25) is 0 Å². The Morgan fingerprint density at radius 2 is 1.67 bits per heavy atom. The summed E-state index contributed by atoms with van der Waals surface area (Å²) in [6.07, 6.45) is 1.89. The summed E-state index contributed by atoms with van der Waals surface area (Å²) in [5.74, 6) is 0. The molecule has 1 N–H and O–H groups in total. The highest BCUT2D eigenvalue weighted by Gasteiger charge is 2.22. The van der Waals surface area contributed by atoms with E-state index < -0.39 is 0 Å². The second-order valence-corrected chi connectivity index (χ2v) is 6.20. The van der Waals surface area contributed by atoms with Crippen molar-refractivity contribution in [1.82, 2.24) is 9.80 Å². The monoisotopic (exact) mass is 290 g/mol. The smallest absolute Gasteiger partial charge is 0.0916 e. The molecule has 3 nitrogen and oxygen atoms in total. The van der Waals surface area contributed by atoms with Gasteiger partial charge >= 0.3 is 0 Å². The molecule has 0 amide bonds. The summed E-state index contributed by atoms with van der Waals surface area (Å²) in [6, 6.07) is 9.06. The molecule has 118 valence electrons. The minimum absolute atomic E-state index is 0.369. The lowest BCUT2D eigenvalue weighted by Crippen LogP contribution is -2.50. The van der Waals surface area contributed by atoms with Gasteiger partial charge in [-0.3, -0.25) is 9.80 Å². The zero-order chi connectivity index (χ0) is 15.2. The molecular weight excluding hydrogens is 260 g/mol. The molecule has 21 heavy (non-hydrogen) atoms. The predicted octanol–water partition coefficient (Wildman–Crippen LogP) is 2.70. The van der Waals surface area contributed by atoms with E-state index in [1.165, 1.54) is 12.0 Å². The van der Waals surface area contributed by atoms with Crippen molar-refractivity contribution in [3.63, 3.8) is 0 Å². The van der Waals surface area contributed by atoms with Gasteiger partial charge in [-0.05, 0) is 30.9 Å². The summed E-state index contributed by atoms with van der Waals surface area (Å²) in [5, 5.41) is 10.4. The van der Waals surface area contributed by atoms with Crippen molar-refractivity contribution in [2.75, 3.05) is 32.7 Å². The number of aliphatic hydroxyl groups excluding tert-OH is 1. The van der Waals surface area contributed by atoms with Crippen molar-refractivity contribution in [2.24, 2.45) is 0 Å². The van der Waals surface area contributed by atoms with E-state index in [1.54, 1.807) is 0 Å². The Balaban J connectivity index is 1.82. The highest BCUT2D eigenvalue weighted by Crippen LogP contribution is 2.17. The molecule has 0 bridgehead atoms. The molecule has 2 atom stereocenters. The highest BCUT2D eigenvalue weighted by molar-refractivity contribution is 5.24. The highest BCUT2D eigenvalue weighted by atomic mass is 16.3. The van der Waals surface area contributed by atoms with Crippen molar-refractivity contribution in [1.29, 1.82) is 0 Å². The lowest BCUT2D eigenvalue weighted by molar-refractivity contribution is 0.0584. The summed E-state index contributed by atoms with van der Waals surface area (Å²) >= 11 is 0. The molecule has 3 heteroatoms. The number of β-amino-alcohol motifs (C(OH)–C–C–N with tert-alkyl or cyclic N) is 1. The largest absolute Gasteiger partial charge is 0.387 e. The van der Waals surface area contributed by atoms with Crippen LogP contribution in [0.25, 0.3) is 0 Å². The Hall–Kier alpha value is -0.900.